The maximum Gasteiger partial charge on any atom is 0.308 e. The Hall–Kier alpha value is -1.31. The molecule has 0 N–H and O–H groups in total. The Morgan fingerprint density at radius 2 is 1.60 bits per heavy atom. The minimum Gasteiger partial charge on any atom is -0.469 e. The van der Waals surface area contributed by atoms with Crippen molar-refractivity contribution in [2.45, 2.75) is 77.0 Å². The maximum atomic E-state index is 11.7. The number of carbonyl (C=O) groups excluding carboxylic acids is 1. The zero-order valence-electron chi connectivity index (χ0n) is 16.0. The fourth-order valence-corrected chi connectivity index (χ4v) is 4.77. The van der Waals surface area contributed by atoms with E-state index in [-0.39, 0.29) is 11.9 Å². The SMILES string of the molecule is COC(=O)C1CCC(c2ccc(CCC3CCC(C)CC3)cc2)CC1. The molecule has 0 atom stereocenters. The summed E-state index contributed by atoms with van der Waals surface area (Å²) < 4.78 is 4.89. The first-order valence-electron chi connectivity index (χ1n) is 10.3. The lowest BCUT2D eigenvalue weighted by molar-refractivity contribution is -0.146. The van der Waals surface area contributed by atoms with Crippen molar-refractivity contribution in [2.75, 3.05) is 7.11 Å². The lowest BCUT2D eigenvalue weighted by Gasteiger charge is -2.27. The first-order valence-corrected chi connectivity index (χ1v) is 10.3. The van der Waals surface area contributed by atoms with Gasteiger partial charge >= 0.3 is 5.97 Å². The van der Waals surface area contributed by atoms with Gasteiger partial charge in [-0.2, -0.15) is 0 Å². The third-order valence-corrected chi connectivity index (χ3v) is 6.69. The Morgan fingerprint density at radius 1 is 0.960 bits per heavy atom. The van der Waals surface area contributed by atoms with Gasteiger partial charge in [-0.15, -0.1) is 0 Å². The summed E-state index contributed by atoms with van der Waals surface area (Å²) in [4.78, 5) is 11.7. The Kier molecular flexibility index (Phi) is 6.56. The van der Waals surface area contributed by atoms with Gasteiger partial charge in [0, 0.05) is 0 Å². The van der Waals surface area contributed by atoms with Crippen LogP contribution in [0.25, 0.3) is 0 Å². The molecule has 2 nitrogen and oxygen atoms in total. The van der Waals surface area contributed by atoms with E-state index in [1.807, 2.05) is 0 Å². The topological polar surface area (TPSA) is 26.3 Å². The molecule has 1 aromatic carbocycles. The highest BCUT2D eigenvalue weighted by Crippen LogP contribution is 2.36. The maximum absolute atomic E-state index is 11.7. The monoisotopic (exact) mass is 342 g/mol. The smallest absolute Gasteiger partial charge is 0.308 e. The minimum absolute atomic E-state index is 0.0223. The highest BCUT2D eigenvalue weighted by Gasteiger charge is 2.27. The molecule has 0 aliphatic heterocycles. The summed E-state index contributed by atoms with van der Waals surface area (Å²) in [5, 5.41) is 0. The molecule has 0 bridgehead atoms. The van der Waals surface area contributed by atoms with E-state index in [0.29, 0.717) is 5.92 Å². The van der Waals surface area contributed by atoms with Gasteiger partial charge in [0.2, 0.25) is 0 Å². The summed E-state index contributed by atoms with van der Waals surface area (Å²) in [5.74, 6) is 2.62. The fourth-order valence-electron chi connectivity index (χ4n) is 4.77. The van der Waals surface area contributed by atoms with Crippen LogP contribution in [0.2, 0.25) is 0 Å². The van der Waals surface area contributed by atoms with Crippen molar-refractivity contribution in [3.63, 3.8) is 0 Å². The molecular formula is C23H34O2. The van der Waals surface area contributed by atoms with E-state index in [4.69, 9.17) is 4.74 Å². The molecule has 1 aromatic rings. The van der Waals surface area contributed by atoms with E-state index in [2.05, 4.69) is 31.2 Å². The van der Waals surface area contributed by atoms with Crippen LogP contribution in [0.5, 0.6) is 0 Å². The Balaban J connectivity index is 1.45. The number of benzene rings is 1. The van der Waals surface area contributed by atoms with Crippen LogP contribution >= 0.6 is 0 Å². The second-order valence-electron chi connectivity index (χ2n) is 8.48. The van der Waals surface area contributed by atoms with Gasteiger partial charge in [-0.1, -0.05) is 56.9 Å². The Bertz CT molecular complexity index is 532. The highest BCUT2D eigenvalue weighted by molar-refractivity contribution is 5.72. The van der Waals surface area contributed by atoms with Crippen LogP contribution in [-0.2, 0) is 16.0 Å². The lowest BCUT2D eigenvalue weighted by atomic mass is 9.78. The summed E-state index contributed by atoms with van der Waals surface area (Å²) in [6.45, 7) is 2.40. The third kappa shape index (κ3) is 5.09. The molecule has 0 amide bonds. The minimum atomic E-state index is -0.0223. The standard InChI is InChI=1S/C23H34O2/c1-17-3-5-18(6-4-17)7-8-19-9-11-20(12-10-19)21-13-15-22(16-14-21)23(24)25-2/h9-12,17-18,21-22H,3-8,13-16H2,1-2H3. The van der Waals surface area contributed by atoms with Crippen LogP contribution in [0.15, 0.2) is 24.3 Å². The second kappa shape index (κ2) is 8.87. The molecule has 2 saturated carbocycles. The summed E-state index contributed by atoms with van der Waals surface area (Å²) in [6.07, 6.45) is 12.5. The lowest BCUT2D eigenvalue weighted by Crippen LogP contribution is -2.22. The molecule has 0 heterocycles. The van der Waals surface area contributed by atoms with E-state index in [9.17, 15) is 4.79 Å². The van der Waals surface area contributed by atoms with Gasteiger partial charge in [0.05, 0.1) is 13.0 Å². The molecule has 0 spiro atoms. The largest absolute Gasteiger partial charge is 0.469 e. The summed E-state index contributed by atoms with van der Waals surface area (Å²) >= 11 is 0. The van der Waals surface area contributed by atoms with Crippen molar-refractivity contribution in [1.29, 1.82) is 0 Å². The van der Waals surface area contributed by atoms with Gasteiger partial charge in [-0.3, -0.25) is 4.79 Å². The van der Waals surface area contributed by atoms with Crippen LogP contribution in [0, 0.1) is 17.8 Å². The van der Waals surface area contributed by atoms with Gasteiger partial charge in [-0.25, -0.2) is 0 Å². The van der Waals surface area contributed by atoms with E-state index < -0.39 is 0 Å². The van der Waals surface area contributed by atoms with Crippen LogP contribution in [0.4, 0.5) is 0 Å². The number of methoxy groups -OCH3 is 1. The van der Waals surface area contributed by atoms with E-state index in [0.717, 1.165) is 37.5 Å². The van der Waals surface area contributed by atoms with E-state index in [1.54, 1.807) is 0 Å². The number of aryl methyl sites for hydroxylation is 1. The summed E-state index contributed by atoms with van der Waals surface area (Å²) in [5.41, 5.74) is 2.95. The van der Waals surface area contributed by atoms with Gasteiger partial charge in [0.25, 0.3) is 0 Å². The molecule has 2 fully saturated rings. The highest BCUT2D eigenvalue weighted by atomic mass is 16.5. The molecule has 138 valence electrons. The van der Waals surface area contributed by atoms with Gasteiger partial charge in [-0.05, 0) is 67.4 Å². The molecule has 0 saturated heterocycles. The van der Waals surface area contributed by atoms with Crippen molar-refractivity contribution >= 4 is 5.97 Å². The fraction of sp³-hybridized carbons (Fsp3) is 0.696. The van der Waals surface area contributed by atoms with Gasteiger partial charge in [0.15, 0.2) is 0 Å². The van der Waals surface area contributed by atoms with Gasteiger partial charge < -0.3 is 4.74 Å². The van der Waals surface area contributed by atoms with Crippen molar-refractivity contribution in [2.24, 2.45) is 17.8 Å². The predicted molar refractivity (Wildman–Crippen MR) is 103 cm³/mol. The molecule has 0 radical (unpaired) electrons. The second-order valence-corrected chi connectivity index (χ2v) is 8.48. The molecular weight excluding hydrogens is 308 g/mol. The zero-order valence-corrected chi connectivity index (χ0v) is 16.0. The number of hydrogen-bond acceptors (Lipinski definition) is 2. The number of esters is 1. The van der Waals surface area contributed by atoms with Crippen LogP contribution < -0.4 is 0 Å². The molecule has 25 heavy (non-hydrogen) atoms. The molecule has 2 aliphatic rings. The third-order valence-electron chi connectivity index (χ3n) is 6.69. The number of carbonyl (C=O) groups is 1. The summed E-state index contributed by atoms with van der Waals surface area (Å²) in [7, 11) is 1.50. The molecule has 2 heteroatoms. The van der Waals surface area contributed by atoms with Crippen LogP contribution in [-0.4, -0.2) is 13.1 Å². The predicted octanol–water partition coefficient (Wildman–Crippen LogP) is 5.89. The average Bonchev–Trinajstić information content (AvgIpc) is 2.67. The summed E-state index contributed by atoms with van der Waals surface area (Å²) in [6, 6.07) is 9.35. The van der Waals surface area contributed by atoms with Crippen LogP contribution in [0.3, 0.4) is 0 Å². The van der Waals surface area contributed by atoms with Crippen molar-refractivity contribution < 1.29 is 9.53 Å². The average molecular weight is 343 g/mol. The number of ether oxygens (including phenoxy) is 1. The van der Waals surface area contributed by atoms with Crippen molar-refractivity contribution in [3.05, 3.63) is 35.4 Å². The molecule has 0 aromatic heterocycles. The quantitative estimate of drug-likeness (QED) is 0.623. The molecule has 0 unspecified atom stereocenters. The first-order chi connectivity index (χ1) is 12.2. The van der Waals surface area contributed by atoms with Crippen LogP contribution in [0.1, 0.15) is 81.8 Å². The molecule has 3 rings (SSSR count). The van der Waals surface area contributed by atoms with Crippen molar-refractivity contribution in [1.82, 2.24) is 0 Å². The number of hydrogen-bond donors (Lipinski definition) is 0. The van der Waals surface area contributed by atoms with E-state index in [1.165, 1.54) is 56.8 Å². The molecule has 2 aliphatic carbocycles. The Labute approximate surface area is 153 Å². The van der Waals surface area contributed by atoms with E-state index >= 15 is 0 Å². The zero-order chi connectivity index (χ0) is 17.6. The normalized spacial score (nSPS) is 30.0. The van der Waals surface area contributed by atoms with Crippen molar-refractivity contribution in [3.8, 4) is 0 Å². The number of rotatable bonds is 5. The first kappa shape index (κ1) is 18.5. The Morgan fingerprint density at radius 3 is 2.20 bits per heavy atom. The van der Waals surface area contributed by atoms with Gasteiger partial charge in [0.1, 0.15) is 0 Å².